The van der Waals surface area contributed by atoms with E-state index in [0.717, 1.165) is 10.2 Å². The van der Waals surface area contributed by atoms with Gasteiger partial charge >= 0.3 is 0 Å². The zero-order valence-electron chi connectivity index (χ0n) is 8.99. The van der Waals surface area contributed by atoms with Crippen molar-refractivity contribution in [3.63, 3.8) is 0 Å². The van der Waals surface area contributed by atoms with Crippen LogP contribution in [0.4, 0.5) is 4.39 Å². The maximum Gasteiger partial charge on any atom is 0.128 e. The van der Waals surface area contributed by atoms with Crippen LogP contribution >= 0.6 is 15.9 Å². The normalized spacial score (nSPS) is 12.6. The molecule has 0 radical (unpaired) electrons. The first-order valence-electron chi connectivity index (χ1n) is 5.14. The van der Waals surface area contributed by atoms with Crippen LogP contribution in [-0.2, 0) is 6.42 Å². The third-order valence-electron chi connectivity index (χ3n) is 2.52. The largest absolute Gasteiger partial charge is 0.469 e. The molecule has 0 bridgehead atoms. The second kappa shape index (κ2) is 5.44. The molecule has 2 rings (SSSR count). The van der Waals surface area contributed by atoms with Crippen molar-refractivity contribution in [2.45, 2.75) is 12.5 Å². The molecule has 90 valence electrons. The maximum absolute atomic E-state index is 13.7. The summed E-state index contributed by atoms with van der Waals surface area (Å²) in [6.45, 7) is 0. The number of benzene rings is 1. The minimum Gasteiger partial charge on any atom is -0.469 e. The molecule has 5 heteroatoms. The van der Waals surface area contributed by atoms with Gasteiger partial charge in [0.25, 0.3) is 0 Å². The highest BCUT2D eigenvalue weighted by Crippen LogP contribution is 2.24. The van der Waals surface area contributed by atoms with Crippen LogP contribution in [0.2, 0.25) is 0 Å². The highest BCUT2D eigenvalue weighted by atomic mass is 79.9. The lowest BCUT2D eigenvalue weighted by molar-refractivity contribution is 0.443. The van der Waals surface area contributed by atoms with Gasteiger partial charge < -0.3 is 4.42 Å². The summed E-state index contributed by atoms with van der Waals surface area (Å²) >= 11 is 3.31. The van der Waals surface area contributed by atoms with E-state index in [1.165, 1.54) is 6.07 Å². The number of hydrogen-bond donors (Lipinski definition) is 2. The summed E-state index contributed by atoms with van der Waals surface area (Å²) in [6, 6.07) is 8.08. The Balaban J connectivity index is 2.25. The first kappa shape index (κ1) is 12.3. The van der Waals surface area contributed by atoms with Gasteiger partial charge in [-0.25, -0.2) is 4.39 Å². The average Bonchev–Trinajstić information content (AvgIpc) is 2.82. The minimum atomic E-state index is -0.321. The van der Waals surface area contributed by atoms with Crippen LogP contribution < -0.4 is 11.3 Å². The van der Waals surface area contributed by atoms with Gasteiger partial charge in [-0.05, 0) is 30.3 Å². The lowest BCUT2D eigenvalue weighted by Gasteiger charge is -2.16. The second-order valence-electron chi connectivity index (χ2n) is 3.67. The third kappa shape index (κ3) is 2.94. The smallest absolute Gasteiger partial charge is 0.128 e. The van der Waals surface area contributed by atoms with Crippen LogP contribution in [0.25, 0.3) is 0 Å². The van der Waals surface area contributed by atoms with Gasteiger partial charge in [0.15, 0.2) is 0 Å². The van der Waals surface area contributed by atoms with Crippen LogP contribution in [-0.4, -0.2) is 0 Å². The van der Waals surface area contributed by atoms with Crippen molar-refractivity contribution in [2.75, 3.05) is 0 Å². The Morgan fingerprint density at radius 1 is 1.41 bits per heavy atom. The maximum atomic E-state index is 13.7. The minimum absolute atomic E-state index is 0.289. The van der Waals surface area contributed by atoms with Gasteiger partial charge in [-0.15, -0.1) is 0 Å². The van der Waals surface area contributed by atoms with Crippen LogP contribution in [0.1, 0.15) is 17.4 Å². The van der Waals surface area contributed by atoms with Crippen molar-refractivity contribution in [1.82, 2.24) is 5.43 Å². The predicted molar refractivity (Wildman–Crippen MR) is 66.6 cm³/mol. The van der Waals surface area contributed by atoms with Gasteiger partial charge in [-0.1, -0.05) is 15.9 Å². The summed E-state index contributed by atoms with van der Waals surface area (Å²) in [6.07, 6.45) is 2.08. The second-order valence-corrected chi connectivity index (χ2v) is 4.58. The van der Waals surface area contributed by atoms with Gasteiger partial charge in [0.2, 0.25) is 0 Å². The van der Waals surface area contributed by atoms with E-state index in [4.69, 9.17) is 10.3 Å². The summed E-state index contributed by atoms with van der Waals surface area (Å²) in [5.74, 6) is 5.93. The zero-order chi connectivity index (χ0) is 12.3. The molecule has 1 aromatic heterocycles. The number of halogens is 2. The van der Waals surface area contributed by atoms with Crippen molar-refractivity contribution in [3.05, 3.63) is 58.2 Å². The monoisotopic (exact) mass is 298 g/mol. The van der Waals surface area contributed by atoms with Gasteiger partial charge in [-0.3, -0.25) is 11.3 Å². The Morgan fingerprint density at radius 3 is 2.88 bits per heavy atom. The molecule has 3 nitrogen and oxygen atoms in total. The SMILES string of the molecule is NNC(Cc1ccco1)c1cc(Br)ccc1F. The molecule has 0 fully saturated rings. The summed E-state index contributed by atoms with van der Waals surface area (Å²) in [5, 5.41) is 0. The Kier molecular flexibility index (Phi) is 3.93. The van der Waals surface area contributed by atoms with E-state index < -0.39 is 0 Å². The fourth-order valence-corrected chi connectivity index (χ4v) is 2.05. The molecule has 3 N–H and O–H groups in total. The summed E-state index contributed by atoms with van der Waals surface area (Å²) in [7, 11) is 0. The first-order valence-corrected chi connectivity index (χ1v) is 5.93. The lowest BCUT2D eigenvalue weighted by atomic mass is 10.0. The van der Waals surface area contributed by atoms with E-state index >= 15 is 0 Å². The molecule has 0 aliphatic heterocycles. The Morgan fingerprint density at radius 2 is 2.24 bits per heavy atom. The molecule has 2 aromatic rings. The average molecular weight is 299 g/mol. The molecule has 1 atom stereocenters. The standard InChI is InChI=1S/C12H12BrFN2O/c13-8-3-4-11(14)10(6-8)12(16-15)7-9-2-1-5-17-9/h1-6,12,16H,7,15H2. The predicted octanol–water partition coefficient (Wildman–Crippen LogP) is 2.93. The number of nitrogens with two attached hydrogens (primary N) is 1. The van der Waals surface area contributed by atoms with Crippen molar-refractivity contribution in [1.29, 1.82) is 0 Å². The molecule has 0 saturated heterocycles. The number of hydrogen-bond acceptors (Lipinski definition) is 3. The Bertz CT molecular complexity index is 487. The quantitative estimate of drug-likeness (QED) is 0.674. The molecule has 0 aliphatic carbocycles. The molecule has 1 unspecified atom stereocenters. The topological polar surface area (TPSA) is 51.2 Å². The fraction of sp³-hybridized carbons (Fsp3) is 0.167. The van der Waals surface area contributed by atoms with E-state index in [9.17, 15) is 4.39 Å². The van der Waals surface area contributed by atoms with Crippen LogP contribution in [0.5, 0.6) is 0 Å². The van der Waals surface area contributed by atoms with Crippen LogP contribution in [0, 0.1) is 5.82 Å². The highest BCUT2D eigenvalue weighted by molar-refractivity contribution is 9.10. The van der Waals surface area contributed by atoms with Gasteiger partial charge in [0.1, 0.15) is 11.6 Å². The van der Waals surface area contributed by atoms with E-state index in [-0.39, 0.29) is 11.9 Å². The molecule has 0 amide bonds. The number of hydrazine groups is 1. The van der Waals surface area contributed by atoms with Gasteiger partial charge in [0.05, 0.1) is 12.3 Å². The van der Waals surface area contributed by atoms with Crippen molar-refractivity contribution in [3.8, 4) is 0 Å². The van der Waals surface area contributed by atoms with Crippen molar-refractivity contribution in [2.24, 2.45) is 5.84 Å². The fourth-order valence-electron chi connectivity index (χ4n) is 1.67. The Labute approximate surface area is 107 Å². The third-order valence-corrected chi connectivity index (χ3v) is 3.01. The van der Waals surface area contributed by atoms with E-state index in [1.807, 2.05) is 6.07 Å². The number of nitrogens with one attached hydrogen (secondary N) is 1. The first-order chi connectivity index (χ1) is 8.20. The highest BCUT2D eigenvalue weighted by Gasteiger charge is 2.16. The van der Waals surface area contributed by atoms with E-state index in [0.29, 0.717) is 12.0 Å². The Hall–Kier alpha value is -1.17. The number of rotatable bonds is 4. The zero-order valence-corrected chi connectivity index (χ0v) is 10.6. The molecule has 1 aromatic carbocycles. The van der Waals surface area contributed by atoms with Gasteiger partial charge in [-0.2, -0.15) is 0 Å². The van der Waals surface area contributed by atoms with Crippen LogP contribution in [0.15, 0.2) is 45.5 Å². The molecule has 17 heavy (non-hydrogen) atoms. The summed E-state index contributed by atoms with van der Waals surface area (Å²) in [4.78, 5) is 0. The molecule has 0 saturated carbocycles. The van der Waals surface area contributed by atoms with Crippen molar-refractivity contribution < 1.29 is 8.81 Å². The van der Waals surface area contributed by atoms with Gasteiger partial charge in [0, 0.05) is 16.5 Å². The molecule has 0 aliphatic rings. The molecular weight excluding hydrogens is 287 g/mol. The lowest BCUT2D eigenvalue weighted by Crippen LogP contribution is -2.30. The summed E-state index contributed by atoms with van der Waals surface area (Å²) < 4.78 is 19.7. The molecule has 0 spiro atoms. The number of furan rings is 1. The van der Waals surface area contributed by atoms with E-state index in [1.54, 1.807) is 24.5 Å². The molecular formula is C12H12BrFN2O. The van der Waals surface area contributed by atoms with Crippen LogP contribution in [0.3, 0.4) is 0 Å². The van der Waals surface area contributed by atoms with E-state index in [2.05, 4.69) is 21.4 Å². The summed E-state index contributed by atoms with van der Waals surface area (Å²) in [5.41, 5.74) is 3.12. The van der Waals surface area contributed by atoms with Crippen molar-refractivity contribution >= 4 is 15.9 Å². The molecule has 1 heterocycles.